The molecule has 0 spiro atoms. The standard InChI is InChI=1S/C26H44O9/c1-6-24(4)11-13(28)20-25(5)15(7-10-26(20,33)22(24)32)23(2,3)9-8-16(25)35-21-19(31)18(30)17(29)14(12-27)34-21/h6,13-22,27-33H,1,7-12H2,2-5H3/t13-,14-,15-,16-,17-,18+,19-,20+,21+,22-,24-,25+,26-/m1/s1. The van der Waals surface area contributed by atoms with E-state index in [-0.39, 0.29) is 17.8 Å². The van der Waals surface area contributed by atoms with Gasteiger partial charge in [0.05, 0.1) is 30.5 Å². The summed E-state index contributed by atoms with van der Waals surface area (Å²) >= 11 is 0. The second-order valence-corrected chi connectivity index (χ2v) is 12.7. The molecule has 0 aromatic rings. The average molecular weight is 501 g/mol. The van der Waals surface area contributed by atoms with Gasteiger partial charge in [0.25, 0.3) is 0 Å². The minimum Gasteiger partial charge on any atom is -0.394 e. The molecule has 9 nitrogen and oxygen atoms in total. The first-order valence-corrected chi connectivity index (χ1v) is 12.9. The number of aliphatic hydroxyl groups is 7. The predicted octanol–water partition coefficient (Wildman–Crippen LogP) is 0.0729. The molecule has 3 aliphatic carbocycles. The van der Waals surface area contributed by atoms with Gasteiger partial charge in [0.15, 0.2) is 6.29 Å². The van der Waals surface area contributed by atoms with Crippen molar-refractivity contribution in [2.24, 2.45) is 28.1 Å². The quantitative estimate of drug-likeness (QED) is 0.265. The third-order valence-corrected chi connectivity index (χ3v) is 10.2. The zero-order valence-electron chi connectivity index (χ0n) is 21.2. The van der Waals surface area contributed by atoms with Gasteiger partial charge in [-0.3, -0.25) is 0 Å². The van der Waals surface area contributed by atoms with Crippen molar-refractivity contribution in [1.82, 2.24) is 0 Å². The summed E-state index contributed by atoms with van der Waals surface area (Å²) in [5.41, 5.74) is -3.37. The maximum absolute atomic E-state index is 12.0. The van der Waals surface area contributed by atoms with E-state index < -0.39 is 78.0 Å². The van der Waals surface area contributed by atoms with E-state index in [1.54, 1.807) is 13.0 Å². The van der Waals surface area contributed by atoms with Gasteiger partial charge in [-0.15, -0.1) is 6.58 Å². The highest BCUT2D eigenvalue weighted by atomic mass is 16.7. The summed E-state index contributed by atoms with van der Waals surface area (Å²) in [7, 11) is 0. The van der Waals surface area contributed by atoms with Crippen LogP contribution in [0.2, 0.25) is 0 Å². The van der Waals surface area contributed by atoms with Crippen LogP contribution >= 0.6 is 0 Å². The summed E-state index contributed by atoms with van der Waals surface area (Å²) in [5, 5.41) is 75.5. The second-order valence-electron chi connectivity index (χ2n) is 12.7. The molecule has 0 amide bonds. The highest BCUT2D eigenvalue weighted by molar-refractivity contribution is 5.22. The molecule has 202 valence electrons. The maximum atomic E-state index is 12.0. The van der Waals surface area contributed by atoms with Gasteiger partial charge in [0.1, 0.15) is 24.4 Å². The van der Waals surface area contributed by atoms with Crippen LogP contribution in [-0.4, -0.2) is 97.0 Å². The van der Waals surface area contributed by atoms with Crippen LogP contribution in [0.3, 0.4) is 0 Å². The molecule has 7 N–H and O–H groups in total. The van der Waals surface area contributed by atoms with Crippen LogP contribution in [0.15, 0.2) is 12.7 Å². The van der Waals surface area contributed by atoms with Crippen molar-refractivity contribution < 1.29 is 45.2 Å². The monoisotopic (exact) mass is 500 g/mol. The van der Waals surface area contributed by atoms with Crippen molar-refractivity contribution in [3.8, 4) is 0 Å². The van der Waals surface area contributed by atoms with Crippen molar-refractivity contribution in [3.63, 3.8) is 0 Å². The van der Waals surface area contributed by atoms with E-state index in [0.29, 0.717) is 19.3 Å². The summed E-state index contributed by atoms with van der Waals surface area (Å²) in [6, 6.07) is 0. The lowest BCUT2D eigenvalue weighted by Gasteiger charge is -2.68. The minimum absolute atomic E-state index is 0.0267. The summed E-state index contributed by atoms with van der Waals surface area (Å²) in [4.78, 5) is 0. The van der Waals surface area contributed by atoms with E-state index in [1.165, 1.54) is 0 Å². The van der Waals surface area contributed by atoms with E-state index in [0.717, 1.165) is 6.42 Å². The normalized spacial score (nSPS) is 56.1. The third kappa shape index (κ3) is 3.94. The van der Waals surface area contributed by atoms with E-state index in [4.69, 9.17) is 9.47 Å². The van der Waals surface area contributed by atoms with E-state index in [1.807, 2.05) is 6.92 Å². The first kappa shape index (κ1) is 27.4. The number of aliphatic hydroxyl groups excluding tert-OH is 6. The Balaban J connectivity index is 1.73. The van der Waals surface area contributed by atoms with Crippen molar-refractivity contribution in [2.75, 3.05) is 6.61 Å². The van der Waals surface area contributed by atoms with Gasteiger partial charge < -0.3 is 45.2 Å². The van der Waals surface area contributed by atoms with Crippen LogP contribution in [-0.2, 0) is 9.47 Å². The van der Waals surface area contributed by atoms with Crippen molar-refractivity contribution in [2.45, 2.75) is 114 Å². The largest absolute Gasteiger partial charge is 0.394 e. The van der Waals surface area contributed by atoms with Gasteiger partial charge in [-0.2, -0.15) is 0 Å². The van der Waals surface area contributed by atoms with Crippen LogP contribution < -0.4 is 0 Å². The molecule has 1 heterocycles. The van der Waals surface area contributed by atoms with Gasteiger partial charge in [0.2, 0.25) is 0 Å². The summed E-state index contributed by atoms with van der Waals surface area (Å²) in [6.07, 6.45) is -5.53. The molecule has 0 aromatic heterocycles. The fourth-order valence-corrected chi connectivity index (χ4v) is 8.30. The summed E-state index contributed by atoms with van der Waals surface area (Å²) in [6.45, 7) is 11.4. The Morgan fingerprint density at radius 3 is 2.23 bits per heavy atom. The molecule has 1 saturated heterocycles. The Kier molecular flexibility index (Phi) is 7.05. The fraction of sp³-hybridized carbons (Fsp3) is 0.923. The maximum Gasteiger partial charge on any atom is 0.186 e. The molecule has 0 bridgehead atoms. The molecule has 1 aliphatic heterocycles. The molecule has 9 heteroatoms. The third-order valence-electron chi connectivity index (χ3n) is 10.2. The smallest absolute Gasteiger partial charge is 0.186 e. The summed E-state index contributed by atoms with van der Waals surface area (Å²) < 4.78 is 12.0. The van der Waals surface area contributed by atoms with Gasteiger partial charge >= 0.3 is 0 Å². The summed E-state index contributed by atoms with van der Waals surface area (Å²) in [5.74, 6) is -0.690. The molecule has 4 aliphatic rings. The van der Waals surface area contributed by atoms with Crippen molar-refractivity contribution in [1.29, 1.82) is 0 Å². The first-order chi connectivity index (χ1) is 16.2. The molecular weight excluding hydrogens is 456 g/mol. The number of rotatable bonds is 4. The number of ether oxygens (including phenoxy) is 2. The molecule has 35 heavy (non-hydrogen) atoms. The highest BCUT2D eigenvalue weighted by Crippen LogP contribution is 2.67. The van der Waals surface area contributed by atoms with Crippen LogP contribution in [0.5, 0.6) is 0 Å². The van der Waals surface area contributed by atoms with Crippen LogP contribution in [0.25, 0.3) is 0 Å². The van der Waals surface area contributed by atoms with Gasteiger partial charge in [-0.05, 0) is 43.4 Å². The van der Waals surface area contributed by atoms with Gasteiger partial charge in [-0.1, -0.05) is 33.8 Å². The van der Waals surface area contributed by atoms with E-state index in [9.17, 15) is 35.7 Å². The lowest BCUT2D eigenvalue weighted by Crippen LogP contribution is -2.74. The van der Waals surface area contributed by atoms with Gasteiger partial charge in [0, 0.05) is 16.7 Å². The number of fused-ring (bicyclic) bond motifs is 3. The Morgan fingerprint density at radius 1 is 0.971 bits per heavy atom. The number of hydrogen-bond acceptors (Lipinski definition) is 9. The first-order valence-electron chi connectivity index (χ1n) is 12.9. The Hall–Kier alpha value is -0.620. The molecule has 0 aromatic carbocycles. The molecule has 4 rings (SSSR count). The Labute approximate surface area is 207 Å². The fourth-order valence-electron chi connectivity index (χ4n) is 8.30. The molecule has 0 radical (unpaired) electrons. The van der Waals surface area contributed by atoms with E-state index >= 15 is 0 Å². The minimum atomic E-state index is -1.57. The Bertz CT molecular complexity index is 804. The van der Waals surface area contributed by atoms with Crippen LogP contribution in [0.1, 0.15) is 59.8 Å². The SMILES string of the molecule is C=C[C@]1(C)C[C@@H](O)[C@@H]2[C@](O)(CC[C@@H]3C(C)(C)CC[C@@H](O[C@@H]4O[C@H](CO)[C@@H](O)[C@H](O)[C@H]4O)[C@]32C)[C@@H]1O. The lowest BCUT2D eigenvalue weighted by atomic mass is 9.40. The topological polar surface area (TPSA) is 160 Å². The van der Waals surface area contributed by atoms with Crippen molar-refractivity contribution >= 4 is 0 Å². The molecular formula is C26H44O9. The van der Waals surface area contributed by atoms with Crippen molar-refractivity contribution in [3.05, 3.63) is 12.7 Å². The zero-order chi connectivity index (χ0) is 26.1. The van der Waals surface area contributed by atoms with Crippen LogP contribution in [0, 0.1) is 28.1 Å². The van der Waals surface area contributed by atoms with Crippen LogP contribution in [0.4, 0.5) is 0 Å². The Morgan fingerprint density at radius 2 is 1.63 bits per heavy atom. The molecule has 3 saturated carbocycles. The predicted molar refractivity (Wildman–Crippen MR) is 126 cm³/mol. The molecule has 13 atom stereocenters. The van der Waals surface area contributed by atoms with E-state index in [2.05, 4.69) is 20.4 Å². The number of hydrogen-bond donors (Lipinski definition) is 7. The highest BCUT2D eigenvalue weighted by Gasteiger charge is 2.70. The zero-order valence-corrected chi connectivity index (χ0v) is 21.2. The molecule has 0 unspecified atom stereocenters. The van der Waals surface area contributed by atoms with Gasteiger partial charge in [-0.25, -0.2) is 0 Å². The second kappa shape index (κ2) is 8.99. The average Bonchev–Trinajstić information content (AvgIpc) is 2.79. The lowest BCUT2D eigenvalue weighted by molar-refractivity contribution is -0.351. The molecule has 4 fully saturated rings.